The summed E-state index contributed by atoms with van der Waals surface area (Å²) in [5.74, 6) is 0.754. The minimum Gasteiger partial charge on any atom is -0.366 e. The second-order valence-electron chi connectivity index (χ2n) is 3.51. The van der Waals surface area contributed by atoms with Gasteiger partial charge in [-0.15, -0.1) is 0 Å². The molecular weight excluding hydrogens is 226 g/mol. The van der Waals surface area contributed by atoms with E-state index >= 15 is 0 Å². The lowest BCUT2D eigenvalue weighted by Gasteiger charge is -2.07. The molecule has 0 saturated carbocycles. The Morgan fingerprint density at radius 3 is 2.94 bits per heavy atom. The summed E-state index contributed by atoms with van der Waals surface area (Å²) in [6.07, 6.45) is 5.21. The number of rotatable bonds is 3. The molecule has 0 saturated heterocycles. The van der Waals surface area contributed by atoms with E-state index in [9.17, 15) is 0 Å². The standard InChI is InChI=1S/C10H12ClN5/c1-7-9(11)13-6-14-10(7)12-3-8-4-15-16(2)5-8/h4-6H,3H2,1-2H3,(H,12,13,14). The van der Waals surface area contributed by atoms with Crippen molar-refractivity contribution >= 4 is 17.4 Å². The van der Waals surface area contributed by atoms with Crippen LogP contribution in [0.2, 0.25) is 5.15 Å². The molecule has 0 fully saturated rings. The Balaban J connectivity index is 2.07. The average molecular weight is 238 g/mol. The van der Waals surface area contributed by atoms with Crippen LogP contribution >= 0.6 is 11.6 Å². The number of hydrogen-bond donors (Lipinski definition) is 1. The van der Waals surface area contributed by atoms with E-state index in [1.54, 1.807) is 4.68 Å². The predicted octanol–water partition coefficient (Wildman–Crippen LogP) is 1.78. The highest BCUT2D eigenvalue weighted by molar-refractivity contribution is 6.30. The van der Waals surface area contributed by atoms with Crippen molar-refractivity contribution in [3.05, 3.63) is 35.0 Å². The van der Waals surface area contributed by atoms with E-state index in [1.807, 2.05) is 26.4 Å². The van der Waals surface area contributed by atoms with Crippen molar-refractivity contribution in [2.24, 2.45) is 7.05 Å². The topological polar surface area (TPSA) is 55.6 Å². The summed E-state index contributed by atoms with van der Waals surface area (Å²) in [6.45, 7) is 2.55. The van der Waals surface area contributed by atoms with Gasteiger partial charge in [-0.2, -0.15) is 5.10 Å². The third-order valence-electron chi connectivity index (χ3n) is 2.24. The van der Waals surface area contributed by atoms with Crippen LogP contribution < -0.4 is 5.32 Å². The fourth-order valence-corrected chi connectivity index (χ4v) is 1.49. The van der Waals surface area contributed by atoms with Crippen LogP contribution in [0, 0.1) is 6.92 Å². The normalized spacial score (nSPS) is 10.4. The van der Waals surface area contributed by atoms with Crippen molar-refractivity contribution in [2.75, 3.05) is 5.32 Å². The first-order valence-corrected chi connectivity index (χ1v) is 5.23. The van der Waals surface area contributed by atoms with Gasteiger partial charge in [-0.3, -0.25) is 4.68 Å². The molecule has 6 heteroatoms. The first-order chi connectivity index (χ1) is 7.66. The van der Waals surface area contributed by atoms with E-state index in [1.165, 1.54) is 6.33 Å². The van der Waals surface area contributed by atoms with Crippen LogP contribution in [0.15, 0.2) is 18.7 Å². The molecule has 2 heterocycles. The maximum Gasteiger partial charge on any atom is 0.137 e. The molecule has 0 aliphatic heterocycles. The summed E-state index contributed by atoms with van der Waals surface area (Å²) in [4.78, 5) is 8.02. The summed E-state index contributed by atoms with van der Waals surface area (Å²) in [5.41, 5.74) is 1.95. The third kappa shape index (κ3) is 2.30. The van der Waals surface area contributed by atoms with Crippen LogP contribution in [-0.4, -0.2) is 19.7 Å². The molecule has 0 atom stereocenters. The van der Waals surface area contributed by atoms with Crippen molar-refractivity contribution in [3.8, 4) is 0 Å². The molecule has 0 unspecified atom stereocenters. The SMILES string of the molecule is Cc1c(Cl)ncnc1NCc1cnn(C)c1. The van der Waals surface area contributed by atoms with Crippen molar-refractivity contribution in [1.82, 2.24) is 19.7 Å². The molecule has 1 N–H and O–H groups in total. The van der Waals surface area contributed by atoms with Crippen LogP contribution in [0.4, 0.5) is 5.82 Å². The highest BCUT2D eigenvalue weighted by atomic mass is 35.5. The molecule has 0 aromatic carbocycles. The summed E-state index contributed by atoms with van der Waals surface area (Å²) in [6, 6.07) is 0. The molecule has 16 heavy (non-hydrogen) atoms. The van der Waals surface area contributed by atoms with Gasteiger partial charge in [0, 0.05) is 30.9 Å². The quantitative estimate of drug-likeness (QED) is 0.827. The molecular formula is C10H12ClN5. The van der Waals surface area contributed by atoms with Crippen LogP contribution in [0.5, 0.6) is 0 Å². The third-order valence-corrected chi connectivity index (χ3v) is 2.62. The molecule has 0 aliphatic carbocycles. The van der Waals surface area contributed by atoms with E-state index in [2.05, 4.69) is 20.4 Å². The number of nitrogens with one attached hydrogen (secondary N) is 1. The number of aromatic nitrogens is 4. The Morgan fingerprint density at radius 1 is 1.44 bits per heavy atom. The molecule has 84 valence electrons. The molecule has 0 aliphatic rings. The molecule has 2 aromatic heterocycles. The van der Waals surface area contributed by atoms with Crippen LogP contribution in [0.1, 0.15) is 11.1 Å². The van der Waals surface area contributed by atoms with Gasteiger partial charge in [-0.1, -0.05) is 11.6 Å². The Bertz CT molecular complexity index is 494. The zero-order chi connectivity index (χ0) is 11.5. The summed E-state index contributed by atoms with van der Waals surface area (Å²) < 4.78 is 1.76. The van der Waals surface area contributed by atoms with Gasteiger partial charge in [0.2, 0.25) is 0 Å². The zero-order valence-corrected chi connectivity index (χ0v) is 9.86. The maximum atomic E-state index is 5.89. The molecule has 0 radical (unpaired) electrons. The second kappa shape index (κ2) is 4.49. The predicted molar refractivity (Wildman–Crippen MR) is 62.3 cm³/mol. The minimum absolute atomic E-state index is 0.476. The summed E-state index contributed by atoms with van der Waals surface area (Å²) >= 11 is 5.89. The maximum absolute atomic E-state index is 5.89. The number of aryl methyl sites for hydroxylation is 1. The van der Waals surface area contributed by atoms with E-state index in [4.69, 9.17) is 11.6 Å². The van der Waals surface area contributed by atoms with Crippen molar-refractivity contribution in [1.29, 1.82) is 0 Å². The largest absolute Gasteiger partial charge is 0.366 e. The van der Waals surface area contributed by atoms with Gasteiger partial charge in [0.15, 0.2) is 0 Å². The van der Waals surface area contributed by atoms with Crippen molar-refractivity contribution in [2.45, 2.75) is 13.5 Å². The minimum atomic E-state index is 0.476. The van der Waals surface area contributed by atoms with Gasteiger partial charge in [0.25, 0.3) is 0 Å². The van der Waals surface area contributed by atoms with Gasteiger partial charge in [0.05, 0.1) is 6.20 Å². The molecule has 5 nitrogen and oxygen atoms in total. The number of nitrogens with zero attached hydrogens (tertiary/aromatic N) is 4. The van der Waals surface area contributed by atoms with Crippen molar-refractivity contribution < 1.29 is 0 Å². The van der Waals surface area contributed by atoms with Crippen molar-refractivity contribution in [3.63, 3.8) is 0 Å². The number of hydrogen-bond acceptors (Lipinski definition) is 4. The summed E-state index contributed by atoms with van der Waals surface area (Å²) in [5, 5.41) is 7.76. The van der Waals surface area contributed by atoms with Crippen LogP contribution in [-0.2, 0) is 13.6 Å². The first-order valence-electron chi connectivity index (χ1n) is 4.85. The van der Waals surface area contributed by atoms with Crippen LogP contribution in [0.25, 0.3) is 0 Å². The fourth-order valence-electron chi connectivity index (χ4n) is 1.36. The van der Waals surface area contributed by atoms with Crippen LogP contribution in [0.3, 0.4) is 0 Å². The lowest BCUT2D eigenvalue weighted by Crippen LogP contribution is -2.03. The van der Waals surface area contributed by atoms with Gasteiger partial charge in [-0.05, 0) is 6.92 Å². The van der Waals surface area contributed by atoms with E-state index in [0.29, 0.717) is 11.7 Å². The van der Waals surface area contributed by atoms with Gasteiger partial charge in [-0.25, -0.2) is 9.97 Å². The zero-order valence-electron chi connectivity index (χ0n) is 9.11. The fraction of sp³-hybridized carbons (Fsp3) is 0.300. The number of halogens is 1. The molecule has 2 rings (SSSR count). The highest BCUT2D eigenvalue weighted by Gasteiger charge is 2.04. The van der Waals surface area contributed by atoms with Gasteiger partial charge in [0.1, 0.15) is 17.3 Å². The van der Waals surface area contributed by atoms with E-state index in [0.717, 1.165) is 16.9 Å². The van der Waals surface area contributed by atoms with Gasteiger partial charge >= 0.3 is 0 Å². The average Bonchev–Trinajstić information content (AvgIpc) is 2.67. The molecule has 0 amide bonds. The number of anilines is 1. The monoisotopic (exact) mass is 237 g/mol. The van der Waals surface area contributed by atoms with Gasteiger partial charge < -0.3 is 5.32 Å². The lowest BCUT2D eigenvalue weighted by molar-refractivity contribution is 0.767. The van der Waals surface area contributed by atoms with E-state index < -0.39 is 0 Å². The Morgan fingerprint density at radius 2 is 2.25 bits per heavy atom. The Labute approximate surface area is 98.5 Å². The molecule has 0 bridgehead atoms. The molecule has 2 aromatic rings. The smallest absolute Gasteiger partial charge is 0.137 e. The lowest BCUT2D eigenvalue weighted by atomic mass is 10.3. The van der Waals surface area contributed by atoms with E-state index in [-0.39, 0.29) is 0 Å². The Hall–Kier alpha value is -1.62. The Kier molecular flexibility index (Phi) is 3.05. The molecule has 0 spiro atoms. The first kappa shape index (κ1) is 10.9. The second-order valence-corrected chi connectivity index (χ2v) is 3.87. The highest BCUT2D eigenvalue weighted by Crippen LogP contribution is 2.18. The summed E-state index contributed by atoms with van der Waals surface area (Å²) in [7, 11) is 1.89.